The summed E-state index contributed by atoms with van der Waals surface area (Å²) in [5.74, 6) is 5.67. The molecule has 3 amide bonds. The summed E-state index contributed by atoms with van der Waals surface area (Å²) < 4.78 is 6.22. The highest BCUT2D eigenvalue weighted by Crippen LogP contribution is 2.30. The monoisotopic (exact) mass is 486 g/mol. The van der Waals surface area contributed by atoms with Crippen LogP contribution in [-0.4, -0.2) is 87.5 Å². The second kappa shape index (κ2) is 11.3. The van der Waals surface area contributed by atoms with E-state index in [1.165, 1.54) is 6.20 Å². The lowest BCUT2D eigenvalue weighted by Gasteiger charge is -2.37. The quantitative estimate of drug-likeness (QED) is 0.549. The molecule has 1 aliphatic carbocycles. The van der Waals surface area contributed by atoms with Gasteiger partial charge in [0, 0.05) is 37.3 Å². The molecule has 3 atom stereocenters. The van der Waals surface area contributed by atoms with Gasteiger partial charge in [0.15, 0.2) is 0 Å². The van der Waals surface area contributed by atoms with E-state index in [9.17, 15) is 19.8 Å². The zero-order chi connectivity index (χ0) is 25.8. The summed E-state index contributed by atoms with van der Waals surface area (Å²) in [4.78, 5) is 33.6. The van der Waals surface area contributed by atoms with Crippen LogP contribution in [0.4, 0.5) is 4.79 Å². The summed E-state index contributed by atoms with van der Waals surface area (Å²) in [7, 11) is 1.70. The molecular formula is C26H38N4O5. The number of likely N-dealkylation sites (N-methyl/N-ethyl adjacent to an activating group) is 1. The van der Waals surface area contributed by atoms with Crippen molar-refractivity contribution in [1.29, 1.82) is 0 Å². The number of urea groups is 1. The van der Waals surface area contributed by atoms with Crippen LogP contribution < -0.4 is 10.1 Å². The maximum absolute atomic E-state index is 13.5. The SMILES string of the molecule is CC(C)NC(=O)N(C)C[C@@H]1Oc2ncc(C#CC3(O)CCCC3)cc2C(=O)N([C@@H](C)CO)C[C@@H]1C. The van der Waals surface area contributed by atoms with E-state index in [-0.39, 0.29) is 41.9 Å². The van der Waals surface area contributed by atoms with Crippen LogP contribution in [0.5, 0.6) is 5.88 Å². The number of carbonyl (C=O) groups is 2. The third-order valence-electron chi connectivity index (χ3n) is 6.60. The van der Waals surface area contributed by atoms with Crippen LogP contribution in [0.25, 0.3) is 0 Å². The molecule has 3 rings (SSSR count). The fourth-order valence-corrected chi connectivity index (χ4v) is 4.37. The molecule has 0 spiro atoms. The maximum atomic E-state index is 13.5. The van der Waals surface area contributed by atoms with Crippen LogP contribution in [0.15, 0.2) is 12.3 Å². The second-order valence-electron chi connectivity index (χ2n) is 10.2. The Morgan fingerprint density at radius 1 is 1.37 bits per heavy atom. The summed E-state index contributed by atoms with van der Waals surface area (Å²) >= 11 is 0. The van der Waals surface area contributed by atoms with Gasteiger partial charge >= 0.3 is 6.03 Å². The molecule has 0 radical (unpaired) electrons. The summed E-state index contributed by atoms with van der Waals surface area (Å²) in [6.45, 7) is 7.99. The summed E-state index contributed by atoms with van der Waals surface area (Å²) in [5, 5.41) is 23.2. The minimum absolute atomic E-state index is 0.00311. The van der Waals surface area contributed by atoms with Gasteiger partial charge in [0.1, 0.15) is 17.3 Å². The molecule has 2 heterocycles. The number of carbonyl (C=O) groups excluding carboxylic acids is 2. The van der Waals surface area contributed by atoms with Crippen LogP contribution in [-0.2, 0) is 0 Å². The van der Waals surface area contributed by atoms with E-state index < -0.39 is 17.7 Å². The van der Waals surface area contributed by atoms with Gasteiger partial charge in [0.05, 0.1) is 19.2 Å². The molecule has 0 unspecified atom stereocenters. The Kier molecular flexibility index (Phi) is 8.62. The molecule has 35 heavy (non-hydrogen) atoms. The molecule has 192 valence electrons. The Balaban J connectivity index is 1.93. The summed E-state index contributed by atoms with van der Waals surface area (Å²) in [5.41, 5.74) is -0.234. The first-order valence-corrected chi connectivity index (χ1v) is 12.4. The van der Waals surface area contributed by atoms with E-state index in [0.717, 1.165) is 12.8 Å². The van der Waals surface area contributed by atoms with Gasteiger partial charge in [-0.1, -0.05) is 18.8 Å². The average molecular weight is 487 g/mol. The molecular weight excluding hydrogens is 448 g/mol. The number of nitrogens with one attached hydrogen (secondary N) is 1. The highest BCUT2D eigenvalue weighted by molar-refractivity contribution is 5.97. The third kappa shape index (κ3) is 6.65. The van der Waals surface area contributed by atoms with Gasteiger partial charge in [-0.25, -0.2) is 9.78 Å². The standard InChI is InChI=1S/C26H38N4O5/c1-17(2)28-25(33)29(5)15-22-18(3)14-30(19(4)16-31)24(32)21-12-20(13-27-23(21)35-22)8-11-26(34)9-6-7-10-26/h12-13,17-19,22,31,34H,6-7,9-10,14-16H2,1-5H3,(H,28,33)/t18-,19-,22-/m0/s1. The molecule has 1 saturated carbocycles. The first-order chi connectivity index (χ1) is 16.5. The summed E-state index contributed by atoms with van der Waals surface area (Å²) in [6, 6.07) is 1.02. The Hall–Kier alpha value is -2.83. The van der Waals surface area contributed by atoms with Gasteiger partial charge in [-0.05, 0) is 52.5 Å². The maximum Gasteiger partial charge on any atom is 0.317 e. The fourth-order valence-electron chi connectivity index (χ4n) is 4.37. The zero-order valence-electron chi connectivity index (χ0n) is 21.4. The normalized spacial score (nSPS) is 22.3. The lowest BCUT2D eigenvalue weighted by Crippen LogP contribution is -2.51. The second-order valence-corrected chi connectivity index (χ2v) is 10.2. The highest BCUT2D eigenvalue weighted by Gasteiger charge is 2.35. The molecule has 0 saturated heterocycles. The number of ether oxygens (including phenoxy) is 1. The van der Waals surface area contributed by atoms with Crippen molar-refractivity contribution in [3.63, 3.8) is 0 Å². The van der Waals surface area contributed by atoms with E-state index >= 15 is 0 Å². The van der Waals surface area contributed by atoms with Crippen LogP contribution in [0.3, 0.4) is 0 Å². The van der Waals surface area contributed by atoms with Crippen molar-refractivity contribution in [3.05, 3.63) is 23.4 Å². The molecule has 1 fully saturated rings. The fraction of sp³-hybridized carbons (Fsp3) is 0.654. The van der Waals surface area contributed by atoms with Gasteiger partial charge in [0.25, 0.3) is 5.91 Å². The number of fused-ring (bicyclic) bond motifs is 1. The van der Waals surface area contributed by atoms with Crippen molar-refractivity contribution in [2.24, 2.45) is 5.92 Å². The Morgan fingerprint density at radius 3 is 2.69 bits per heavy atom. The van der Waals surface area contributed by atoms with Crippen LogP contribution in [0, 0.1) is 17.8 Å². The molecule has 2 aliphatic rings. The minimum atomic E-state index is -0.996. The number of hydrogen-bond donors (Lipinski definition) is 3. The van der Waals surface area contributed by atoms with Crippen molar-refractivity contribution in [1.82, 2.24) is 20.1 Å². The zero-order valence-corrected chi connectivity index (χ0v) is 21.4. The molecule has 9 nitrogen and oxygen atoms in total. The third-order valence-corrected chi connectivity index (χ3v) is 6.60. The first-order valence-electron chi connectivity index (χ1n) is 12.4. The van der Waals surface area contributed by atoms with Gasteiger partial charge in [-0.2, -0.15) is 0 Å². The van der Waals surface area contributed by atoms with Gasteiger partial charge in [0.2, 0.25) is 5.88 Å². The molecule has 1 aliphatic heterocycles. The number of aliphatic hydroxyl groups is 2. The van der Waals surface area contributed by atoms with E-state index in [0.29, 0.717) is 31.5 Å². The van der Waals surface area contributed by atoms with E-state index in [1.807, 2.05) is 20.8 Å². The largest absolute Gasteiger partial charge is 0.472 e. The van der Waals surface area contributed by atoms with Crippen LogP contribution >= 0.6 is 0 Å². The molecule has 0 bridgehead atoms. The molecule has 3 N–H and O–H groups in total. The van der Waals surface area contributed by atoms with E-state index in [4.69, 9.17) is 4.74 Å². The smallest absolute Gasteiger partial charge is 0.317 e. The number of pyridine rings is 1. The number of amides is 3. The Morgan fingerprint density at radius 2 is 2.06 bits per heavy atom. The van der Waals surface area contributed by atoms with Crippen molar-refractivity contribution in [2.45, 2.75) is 77.2 Å². The topological polar surface area (TPSA) is 115 Å². The number of rotatable bonds is 5. The summed E-state index contributed by atoms with van der Waals surface area (Å²) in [6.07, 6.45) is 4.27. The number of nitrogens with zero attached hydrogens (tertiary/aromatic N) is 3. The van der Waals surface area contributed by atoms with Gasteiger partial charge in [-0.15, -0.1) is 0 Å². The van der Waals surface area contributed by atoms with E-state index in [2.05, 4.69) is 22.1 Å². The van der Waals surface area contributed by atoms with E-state index in [1.54, 1.807) is 29.8 Å². The molecule has 1 aromatic heterocycles. The number of aliphatic hydroxyl groups excluding tert-OH is 1. The predicted octanol–water partition coefficient (Wildman–Crippen LogP) is 2.01. The Bertz CT molecular complexity index is 980. The lowest BCUT2D eigenvalue weighted by atomic mass is 9.99. The number of aromatic nitrogens is 1. The average Bonchev–Trinajstić information content (AvgIpc) is 3.25. The van der Waals surface area contributed by atoms with Crippen molar-refractivity contribution in [2.75, 3.05) is 26.7 Å². The molecule has 9 heteroatoms. The first kappa shape index (κ1) is 26.8. The van der Waals surface area contributed by atoms with Crippen molar-refractivity contribution >= 4 is 11.9 Å². The predicted molar refractivity (Wildman–Crippen MR) is 132 cm³/mol. The highest BCUT2D eigenvalue weighted by atomic mass is 16.5. The van der Waals surface area contributed by atoms with Gasteiger partial charge < -0.3 is 30.1 Å². The Labute approximate surface area is 207 Å². The number of hydrogen-bond acceptors (Lipinski definition) is 6. The van der Waals surface area contributed by atoms with Crippen molar-refractivity contribution < 1.29 is 24.5 Å². The lowest BCUT2D eigenvalue weighted by molar-refractivity contribution is 0.0351. The van der Waals surface area contributed by atoms with Crippen LogP contribution in [0.1, 0.15) is 69.3 Å². The van der Waals surface area contributed by atoms with Crippen LogP contribution in [0.2, 0.25) is 0 Å². The van der Waals surface area contributed by atoms with Crippen molar-refractivity contribution in [3.8, 4) is 17.7 Å². The molecule has 1 aromatic rings. The minimum Gasteiger partial charge on any atom is -0.472 e. The van der Waals surface area contributed by atoms with Gasteiger partial charge in [-0.3, -0.25) is 4.79 Å². The molecule has 0 aromatic carbocycles.